The Hall–Kier alpha value is -1.39. The molecule has 0 N–H and O–H groups in total. The Morgan fingerprint density at radius 3 is 2.00 bits per heavy atom. The number of carbonyl (C=O) groups excluding carboxylic acids is 1. The van der Waals surface area contributed by atoms with Crippen LogP contribution in [0.1, 0.15) is 50.5 Å². The van der Waals surface area contributed by atoms with Gasteiger partial charge in [-0.05, 0) is 40.2 Å². The van der Waals surface area contributed by atoms with Crippen LogP contribution in [-0.4, -0.2) is 24.1 Å². The van der Waals surface area contributed by atoms with Crippen LogP contribution in [0.2, 0.25) is 0 Å². The highest BCUT2D eigenvalue weighted by Gasteiger charge is 2.49. The van der Waals surface area contributed by atoms with Crippen molar-refractivity contribution in [3.8, 4) is 0 Å². The van der Waals surface area contributed by atoms with Crippen LogP contribution in [-0.2, 0) is 9.31 Å². The molecule has 20 heavy (non-hydrogen) atoms. The first kappa shape index (κ1) is 15.0. The lowest BCUT2D eigenvalue weighted by Gasteiger charge is -2.32. The SMILES string of the molecule is CC(=O)c1ccc(/C=C/B2OC(C)(C)C(C)(C)O2)cc1. The summed E-state index contributed by atoms with van der Waals surface area (Å²) in [6, 6.07) is 7.48. The number of ketones is 1. The zero-order chi connectivity index (χ0) is 15.0. The molecule has 0 radical (unpaired) electrons. The summed E-state index contributed by atoms with van der Waals surface area (Å²) in [6.07, 6.45) is 1.95. The van der Waals surface area contributed by atoms with Crippen LogP contribution in [0.25, 0.3) is 6.08 Å². The summed E-state index contributed by atoms with van der Waals surface area (Å²) < 4.78 is 11.8. The van der Waals surface area contributed by atoms with Gasteiger partial charge in [0.15, 0.2) is 5.78 Å². The van der Waals surface area contributed by atoms with Gasteiger partial charge < -0.3 is 9.31 Å². The third kappa shape index (κ3) is 3.02. The molecule has 1 heterocycles. The monoisotopic (exact) mass is 272 g/mol. The van der Waals surface area contributed by atoms with E-state index in [1.54, 1.807) is 6.92 Å². The fourth-order valence-electron chi connectivity index (χ4n) is 1.99. The zero-order valence-corrected chi connectivity index (χ0v) is 12.8. The van der Waals surface area contributed by atoms with E-state index in [0.717, 1.165) is 11.1 Å². The molecular formula is C16H21BO3. The molecule has 3 nitrogen and oxygen atoms in total. The van der Waals surface area contributed by atoms with Gasteiger partial charge in [0.1, 0.15) is 0 Å². The molecule has 0 aliphatic carbocycles. The van der Waals surface area contributed by atoms with Gasteiger partial charge in [0.05, 0.1) is 11.2 Å². The van der Waals surface area contributed by atoms with Crippen molar-refractivity contribution in [3.63, 3.8) is 0 Å². The molecule has 1 aliphatic rings. The minimum atomic E-state index is -0.340. The highest BCUT2D eigenvalue weighted by Crippen LogP contribution is 2.36. The van der Waals surface area contributed by atoms with Gasteiger partial charge in [-0.3, -0.25) is 4.79 Å². The van der Waals surface area contributed by atoms with E-state index in [9.17, 15) is 4.79 Å². The quantitative estimate of drug-likeness (QED) is 0.623. The molecule has 0 spiro atoms. The lowest BCUT2D eigenvalue weighted by molar-refractivity contribution is 0.00578. The van der Waals surface area contributed by atoms with Gasteiger partial charge in [0.25, 0.3) is 0 Å². The summed E-state index contributed by atoms with van der Waals surface area (Å²) in [7, 11) is -0.340. The topological polar surface area (TPSA) is 35.5 Å². The first-order chi connectivity index (χ1) is 9.21. The van der Waals surface area contributed by atoms with Gasteiger partial charge in [-0.1, -0.05) is 36.3 Å². The number of rotatable bonds is 3. The second kappa shape index (κ2) is 5.19. The van der Waals surface area contributed by atoms with E-state index in [1.807, 2.05) is 64.0 Å². The van der Waals surface area contributed by atoms with Crippen LogP contribution in [0.15, 0.2) is 30.2 Å². The van der Waals surface area contributed by atoms with Crippen LogP contribution >= 0.6 is 0 Å². The predicted octanol–water partition coefficient (Wildman–Crippen LogP) is 3.53. The molecule has 1 fully saturated rings. The molecule has 1 aliphatic heterocycles. The minimum Gasteiger partial charge on any atom is -0.400 e. The van der Waals surface area contributed by atoms with Crippen molar-refractivity contribution in [1.82, 2.24) is 0 Å². The average molecular weight is 272 g/mol. The fraction of sp³-hybridized carbons (Fsp3) is 0.438. The van der Waals surface area contributed by atoms with E-state index in [4.69, 9.17) is 9.31 Å². The van der Waals surface area contributed by atoms with Crippen LogP contribution in [0.5, 0.6) is 0 Å². The second-order valence-corrected chi connectivity index (χ2v) is 6.16. The maximum atomic E-state index is 11.2. The van der Waals surface area contributed by atoms with E-state index >= 15 is 0 Å². The van der Waals surface area contributed by atoms with Gasteiger partial charge >= 0.3 is 7.12 Å². The van der Waals surface area contributed by atoms with Gasteiger partial charge in [-0.15, -0.1) is 0 Å². The van der Waals surface area contributed by atoms with Crippen molar-refractivity contribution in [3.05, 3.63) is 41.4 Å². The molecule has 0 amide bonds. The standard InChI is InChI=1S/C16H21BO3/c1-12(18)14-8-6-13(7-9-14)10-11-17-19-15(2,3)16(4,5)20-17/h6-11H,1-5H3/b11-10+. The summed E-state index contributed by atoms with van der Waals surface area (Å²) >= 11 is 0. The Balaban J connectivity index is 2.06. The van der Waals surface area contributed by atoms with E-state index < -0.39 is 0 Å². The summed E-state index contributed by atoms with van der Waals surface area (Å²) in [4.78, 5) is 11.2. The number of carbonyl (C=O) groups is 1. The largest absolute Gasteiger partial charge is 0.487 e. The van der Waals surface area contributed by atoms with Crippen LogP contribution in [0, 0.1) is 0 Å². The molecular weight excluding hydrogens is 251 g/mol. The van der Waals surface area contributed by atoms with Crippen molar-refractivity contribution in [2.75, 3.05) is 0 Å². The Kier molecular flexibility index (Phi) is 3.89. The summed E-state index contributed by atoms with van der Waals surface area (Å²) in [6.45, 7) is 9.69. The van der Waals surface area contributed by atoms with Gasteiger partial charge in [-0.25, -0.2) is 0 Å². The Morgan fingerprint density at radius 2 is 1.55 bits per heavy atom. The Bertz CT molecular complexity index is 513. The maximum absolute atomic E-state index is 11.2. The van der Waals surface area contributed by atoms with Crippen molar-refractivity contribution >= 4 is 19.0 Å². The van der Waals surface area contributed by atoms with Gasteiger partial charge in [-0.2, -0.15) is 0 Å². The molecule has 1 aromatic carbocycles. The van der Waals surface area contributed by atoms with Crippen LogP contribution in [0.3, 0.4) is 0 Å². The van der Waals surface area contributed by atoms with Gasteiger partial charge in [0.2, 0.25) is 0 Å². The molecule has 0 saturated carbocycles. The summed E-state index contributed by atoms with van der Waals surface area (Å²) in [5.74, 6) is 1.98. The van der Waals surface area contributed by atoms with Crippen molar-refractivity contribution in [2.24, 2.45) is 0 Å². The molecule has 0 atom stereocenters. The third-order valence-corrected chi connectivity index (χ3v) is 4.03. The molecule has 2 rings (SSSR count). The molecule has 0 bridgehead atoms. The number of Topliss-reactive ketones (excluding diaryl/α,β-unsaturated/α-hetero) is 1. The molecule has 4 heteroatoms. The molecule has 1 aromatic rings. The highest BCUT2D eigenvalue weighted by molar-refractivity contribution is 6.52. The van der Waals surface area contributed by atoms with E-state index in [1.165, 1.54) is 0 Å². The number of benzene rings is 1. The highest BCUT2D eigenvalue weighted by atomic mass is 16.7. The lowest BCUT2D eigenvalue weighted by atomic mass is 9.89. The smallest absolute Gasteiger partial charge is 0.400 e. The average Bonchev–Trinajstić information content (AvgIpc) is 2.56. The first-order valence-corrected chi connectivity index (χ1v) is 6.86. The van der Waals surface area contributed by atoms with Crippen LogP contribution in [0.4, 0.5) is 0 Å². The molecule has 1 saturated heterocycles. The van der Waals surface area contributed by atoms with Crippen molar-refractivity contribution < 1.29 is 14.1 Å². The second-order valence-electron chi connectivity index (χ2n) is 6.16. The summed E-state index contributed by atoms with van der Waals surface area (Å²) in [5, 5.41) is 0. The Labute approximate surface area is 121 Å². The zero-order valence-electron chi connectivity index (χ0n) is 12.8. The predicted molar refractivity (Wildman–Crippen MR) is 81.6 cm³/mol. The summed E-state index contributed by atoms with van der Waals surface area (Å²) in [5.41, 5.74) is 1.10. The van der Waals surface area contributed by atoms with Crippen molar-refractivity contribution in [1.29, 1.82) is 0 Å². The molecule has 106 valence electrons. The van der Waals surface area contributed by atoms with Gasteiger partial charge in [0, 0.05) is 5.56 Å². The van der Waals surface area contributed by atoms with E-state index in [2.05, 4.69) is 0 Å². The number of hydrogen-bond donors (Lipinski definition) is 0. The van der Waals surface area contributed by atoms with E-state index in [-0.39, 0.29) is 24.1 Å². The lowest BCUT2D eigenvalue weighted by Crippen LogP contribution is -2.41. The number of hydrogen-bond acceptors (Lipinski definition) is 3. The first-order valence-electron chi connectivity index (χ1n) is 6.86. The fourth-order valence-corrected chi connectivity index (χ4v) is 1.99. The van der Waals surface area contributed by atoms with Crippen molar-refractivity contribution in [2.45, 2.75) is 45.8 Å². The third-order valence-electron chi connectivity index (χ3n) is 4.03. The van der Waals surface area contributed by atoms with Crippen LogP contribution < -0.4 is 0 Å². The molecule has 0 aromatic heterocycles. The minimum absolute atomic E-state index is 0.0755. The normalized spacial score (nSPS) is 20.6. The molecule has 0 unspecified atom stereocenters. The maximum Gasteiger partial charge on any atom is 0.487 e. The Morgan fingerprint density at radius 1 is 1.05 bits per heavy atom. The van der Waals surface area contributed by atoms with E-state index in [0.29, 0.717) is 0 Å².